The van der Waals surface area contributed by atoms with E-state index in [0.717, 1.165) is 58.7 Å². The largest absolute Gasteiger partial charge is 0.347 e. The zero-order chi connectivity index (χ0) is 16.3. The van der Waals surface area contributed by atoms with Gasteiger partial charge in [0, 0.05) is 72.0 Å². The number of nitrogens with zero attached hydrogens (tertiary/aromatic N) is 3. The van der Waals surface area contributed by atoms with Gasteiger partial charge in [0.05, 0.1) is 13.2 Å². The normalized spacial score (nSPS) is 25.1. The molecule has 3 rings (SSSR count). The van der Waals surface area contributed by atoms with Gasteiger partial charge in [-0.3, -0.25) is 14.5 Å². The third-order valence-corrected chi connectivity index (χ3v) is 5.15. The number of rotatable bonds is 3. The molecular formula is C16H27N3O4. The van der Waals surface area contributed by atoms with Crippen molar-refractivity contribution in [2.45, 2.75) is 32.0 Å². The first-order chi connectivity index (χ1) is 11.1. The maximum absolute atomic E-state index is 12.4. The summed E-state index contributed by atoms with van der Waals surface area (Å²) >= 11 is 0. The van der Waals surface area contributed by atoms with E-state index in [1.807, 2.05) is 9.80 Å². The minimum Gasteiger partial charge on any atom is -0.347 e. The minimum atomic E-state index is -0.417. The summed E-state index contributed by atoms with van der Waals surface area (Å²) in [5, 5.41) is 0. The van der Waals surface area contributed by atoms with Gasteiger partial charge in [0.2, 0.25) is 11.8 Å². The molecule has 3 heterocycles. The first-order valence-electron chi connectivity index (χ1n) is 8.62. The van der Waals surface area contributed by atoms with E-state index >= 15 is 0 Å². The summed E-state index contributed by atoms with van der Waals surface area (Å²) in [5.41, 5.74) is 0. The van der Waals surface area contributed by atoms with Crippen molar-refractivity contribution in [2.24, 2.45) is 0 Å². The first-order valence-corrected chi connectivity index (χ1v) is 8.62. The Morgan fingerprint density at radius 2 is 1.52 bits per heavy atom. The topological polar surface area (TPSA) is 62.3 Å². The summed E-state index contributed by atoms with van der Waals surface area (Å²) < 4.78 is 11.4. The molecule has 7 heteroatoms. The molecule has 0 saturated carbocycles. The quantitative estimate of drug-likeness (QED) is 0.725. The Bertz CT molecular complexity index is 433. The van der Waals surface area contributed by atoms with E-state index in [1.165, 1.54) is 0 Å². The van der Waals surface area contributed by atoms with Crippen LogP contribution in [0, 0.1) is 0 Å². The van der Waals surface area contributed by atoms with Crippen LogP contribution in [0.5, 0.6) is 0 Å². The van der Waals surface area contributed by atoms with Crippen molar-refractivity contribution in [3.63, 3.8) is 0 Å². The van der Waals surface area contributed by atoms with Gasteiger partial charge in [-0.15, -0.1) is 0 Å². The second-order valence-corrected chi connectivity index (χ2v) is 6.59. The summed E-state index contributed by atoms with van der Waals surface area (Å²) in [6, 6.07) is 0. The van der Waals surface area contributed by atoms with Crippen LogP contribution in [0.2, 0.25) is 0 Å². The van der Waals surface area contributed by atoms with Crippen LogP contribution in [-0.4, -0.2) is 91.3 Å². The van der Waals surface area contributed by atoms with E-state index in [0.29, 0.717) is 19.6 Å². The maximum atomic E-state index is 12.4. The van der Waals surface area contributed by atoms with Crippen molar-refractivity contribution >= 4 is 11.8 Å². The Hall–Kier alpha value is -1.18. The van der Waals surface area contributed by atoms with Crippen molar-refractivity contribution in [3.05, 3.63) is 0 Å². The van der Waals surface area contributed by atoms with Crippen molar-refractivity contribution in [3.8, 4) is 0 Å². The lowest BCUT2D eigenvalue weighted by atomic mass is 10.0. The van der Waals surface area contributed by atoms with Crippen molar-refractivity contribution in [1.29, 1.82) is 0 Å². The molecule has 0 aromatic carbocycles. The predicted molar refractivity (Wildman–Crippen MR) is 83.8 cm³/mol. The van der Waals surface area contributed by atoms with E-state index in [2.05, 4.69) is 4.90 Å². The highest BCUT2D eigenvalue weighted by Gasteiger charge is 2.40. The summed E-state index contributed by atoms with van der Waals surface area (Å²) in [4.78, 5) is 29.7. The lowest BCUT2D eigenvalue weighted by Gasteiger charge is -2.38. The molecule has 0 aliphatic carbocycles. The fourth-order valence-corrected chi connectivity index (χ4v) is 3.58. The standard InChI is InChI=1S/C16H27N3O4/c1-14(20)18-10-8-17(9-11-18)5-2-15(21)19-6-3-16(4-7-19)22-12-13-23-16/h2-13H2,1H3. The highest BCUT2D eigenvalue weighted by molar-refractivity contribution is 5.76. The van der Waals surface area contributed by atoms with E-state index in [9.17, 15) is 9.59 Å². The second kappa shape index (κ2) is 7.15. The van der Waals surface area contributed by atoms with E-state index < -0.39 is 5.79 Å². The fraction of sp³-hybridized carbons (Fsp3) is 0.875. The van der Waals surface area contributed by atoms with Gasteiger partial charge in [-0.25, -0.2) is 0 Å². The van der Waals surface area contributed by atoms with Gasteiger partial charge in [-0.1, -0.05) is 0 Å². The summed E-state index contributed by atoms with van der Waals surface area (Å²) in [6.07, 6.45) is 2.10. The Morgan fingerprint density at radius 1 is 0.913 bits per heavy atom. The van der Waals surface area contributed by atoms with Gasteiger partial charge in [0.15, 0.2) is 5.79 Å². The molecule has 2 amide bonds. The molecule has 7 nitrogen and oxygen atoms in total. The van der Waals surface area contributed by atoms with Crippen LogP contribution in [0.3, 0.4) is 0 Å². The van der Waals surface area contributed by atoms with Crippen LogP contribution in [0.25, 0.3) is 0 Å². The molecule has 3 saturated heterocycles. The van der Waals surface area contributed by atoms with Crippen molar-refractivity contribution in [2.75, 3.05) is 59.0 Å². The summed E-state index contributed by atoms with van der Waals surface area (Å²) in [5.74, 6) is -0.0639. The molecule has 0 unspecified atom stereocenters. The van der Waals surface area contributed by atoms with Gasteiger partial charge in [-0.2, -0.15) is 0 Å². The molecule has 0 aromatic heterocycles. The average molecular weight is 325 g/mol. The zero-order valence-electron chi connectivity index (χ0n) is 14.0. The van der Waals surface area contributed by atoms with Gasteiger partial charge in [0.1, 0.15) is 0 Å². The molecule has 0 N–H and O–H groups in total. The van der Waals surface area contributed by atoms with Gasteiger partial charge < -0.3 is 19.3 Å². The minimum absolute atomic E-state index is 0.138. The number of hydrogen-bond acceptors (Lipinski definition) is 5. The zero-order valence-corrected chi connectivity index (χ0v) is 14.0. The third-order valence-electron chi connectivity index (χ3n) is 5.15. The number of carbonyl (C=O) groups excluding carboxylic acids is 2. The number of likely N-dealkylation sites (tertiary alicyclic amines) is 1. The second-order valence-electron chi connectivity index (χ2n) is 6.59. The van der Waals surface area contributed by atoms with Crippen LogP contribution in [0.4, 0.5) is 0 Å². The predicted octanol–water partition coefficient (Wildman–Crippen LogP) is -0.0939. The third kappa shape index (κ3) is 4.02. The number of piperidine rings is 1. The Morgan fingerprint density at radius 3 is 2.09 bits per heavy atom. The molecule has 3 aliphatic rings. The lowest BCUT2D eigenvalue weighted by molar-refractivity contribution is -0.187. The van der Waals surface area contributed by atoms with Crippen molar-refractivity contribution < 1.29 is 19.1 Å². The van der Waals surface area contributed by atoms with Crippen LogP contribution < -0.4 is 0 Å². The van der Waals surface area contributed by atoms with E-state index in [4.69, 9.17) is 9.47 Å². The number of piperazine rings is 1. The van der Waals surface area contributed by atoms with E-state index in [1.54, 1.807) is 6.92 Å². The maximum Gasteiger partial charge on any atom is 0.223 e. The summed E-state index contributed by atoms with van der Waals surface area (Å²) in [7, 11) is 0. The molecule has 130 valence electrons. The van der Waals surface area contributed by atoms with Gasteiger partial charge in [0.25, 0.3) is 0 Å². The average Bonchev–Trinajstić information content (AvgIpc) is 3.02. The Balaban J connectivity index is 1.36. The number of carbonyl (C=O) groups is 2. The highest BCUT2D eigenvalue weighted by Crippen LogP contribution is 2.31. The fourth-order valence-electron chi connectivity index (χ4n) is 3.58. The van der Waals surface area contributed by atoms with Crippen molar-refractivity contribution in [1.82, 2.24) is 14.7 Å². The molecule has 0 radical (unpaired) electrons. The molecule has 0 bridgehead atoms. The van der Waals surface area contributed by atoms with Gasteiger partial charge in [-0.05, 0) is 0 Å². The number of hydrogen-bond donors (Lipinski definition) is 0. The summed E-state index contributed by atoms with van der Waals surface area (Å²) in [6.45, 7) is 8.41. The molecule has 23 heavy (non-hydrogen) atoms. The van der Waals surface area contributed by atoms with Gasteiger partial charge >= 0.3 is 0 Å². The number of amides is 2. The molecule has 3 aliphatic heterocycles. The highest BCUT2D eigenvalue weighted by atomic mass is 16.7. The van der Waals surface area contributed by atoms with Crippen LogP contribution in [0.15, 0.2) is 0 Å². The Kier molecular flexibility index (Phi) is 5.18. The molecule has 0 aromatic rings. The van der Waals surface area contributed by atoms with Crippen LogP contribution >= 0.6 is 0 Å². The SMILES string of the molecule is CC(=O)N1CCN(CCC(=O)N2CCC3(CC2)OCCO3)CC1. The van der Waals surface area contributed by atoms with E-state index in [-0.39, 0.29) is 11.8 Å². The molecular weight excluding hydrogens is 298 g/mol. The first kappa shape index (κ1) is 16.7. The van der Waals surface area contributed by atoms with Crippen LogP contribution in [0.1, 0.15) is 26.2 Å². The smallest absolute Gasteiger partial charge is 0.223 e. The molecule has 3 fully saturated rings. The lowest BCUT2D eigenvalue weighted by Crippen LogP contribution is -2.50. The monoisotopic (exact) mass is 325 g/mol. The van der Waals surface area contributed by atoms with Crippen LogP contribution in [-0.2, 0) is 19.1 Å². The molecule has 0 atom stereocenters. The number of ether oxygens (including phenoxy) is 2. The Labute approximate surface area is 137 Å². The molecule has 1 spiro atoms.